The van der Waals surface area contributed by atoms with E-state index in [4.69, 9.17) is 0 Å². The minimum Gasteiger partial charge on any atom is -0.258 e. The van der Waals surface area contributed by atoms with Crippen LogP contribution in [0.4, 0.5) is 11.5 Å². The number of hydrogen-bond donors (Lipinski definition) is 0. The number of H-pyrrole nitrogens is 1. The van der Waals surface area contributed by atoms with E-state index in [1.165, 1.54) is 11.6 Å². The highest BCUT2D eigenvalue weighted by Crippen LogP contribution is 2.22. The van der Waals surface area contributed by atoms with Gasteiger partial charge < -0.3 is 0 Å². The molecule has 2 rings (SSSR count). The molecule has 0 saturated heterocycles. The van der Waals surface area contributed by atoms with Crippen molar-refractivity contribution in [1.82, 2.24) is 0 Å². The maximum atomic E-state index is 11.0. The van der Waals surface area contributed by atoms with Crippen molar-refractivity contribution < 1.29 is 9.91 Å². The summed E-state index contributed by atoms with van der Waals surface area (Å²) < 4.78 is 0. The van der Waals surface area contributed by atoms with Gasteiger partial charge in [-0.25, -0.2) is 4.98 Å². The zero-order valence-corrected chi connectivity index (χ0v) is 11.0. The van der Waals surface area contributed by atoms with Crippen molar-refractivity contribution in [2.45, 2.75) is 13.5 Å². The van der Waals surface area contributed by atoms with Gasteiger partial charge in [0.15, 0.2) is 0 Å². The van der Waals surface area contributed by atoms with Crippen LogP contribution in [0.15, 0.2) is 42.6 Å². The molecule has 0 fully saturated rings. The second-order valence-corrected chi connectivity index (χ2v) is 4.44. The standard InChI is InChI=1S/C14H15N3O2/c1-11-6-3-4-7-12(11)10-16(2)14-13(17(18)19)8-5-9-15-14/h3-9H,10H2,1-2H3/p+1. The molecule has 0 aliphatic carbocycles. The SMILES string of the molecule is Cc1ccccc1CN(C)c1[nH+]cccc1[N+](=O)[O-]. The fourth-order valence-electron chi connectivity index (χ4n) is 1.99. The largest absolute Gasteiger partial charge is 0.357 e. The highest BCUT2D eigenvalue weighted by Gasteiger charge is 2.24. The van der Waals surface area contributed by atoms with Crippen molar-refractivity contribution in [3.63, 3.8) is 0 Å². The van der Waals surface area contributed by atoms with Gasteiger partial charge in [0.05, 0.1) is 18.2 Å². The molecule has 0 aliphatic heterocycles. The van der Waals surface area contributed by atoms with Crippen molar-refractivity contribution in [3.05, 3.63) is 63.8 Å². The average Bonchev–Trinajstić information content (AvgIpc) is 2.41. The monoisotopic (exact) mass is 258 g/mol. The van der Waals surface area contributed by atoms with E-state index < -0.39 is 0 Å². The number of nitrogens with zero attached hydrogens (tertiary/aromatic N) is 2. The summed E-state index contributed by atoms with van der Waals surface area (Å²) in [5.41, 5.74) is 2.41. The third kappa shape index (κ3) is 2.88. The lowest BCUT2D eigenvalue weighted by Gasteiger charge is -2.12. The summed E-state index contributed by atoms with van der Waals surface area (Å²) in [5.74, 6) is 0.510. The molecule has 0 radical (unpaired) electrons. The number of aryl methyl sites for hydroxylation is 1. The summed E-state index contributed by atoms with van der Waals surface area (Å²) in [5, 5.41) is 11.0. The van der Waals surface area contributed by atoms with E-state index >= 15 is 0 Å². The molecule has 1 heterocycles. The van der Waals surface area contributed by atoms with Crippen LogP contribution in [-0.2, 0) is 6.54 Å². The first kappa shape index (κ1) is 13.0. The molecular weight excluding hydrogens is 242 g/mol. The number of anilines is 1. The van der Waals surface area contributed by atoms with E-state index in [1.54, 1.807) is 12.3 Å². The first-order valence-corrected chi connectivity index (χ1v) is 6.00. The van der Waals surface area contributed by atoms with Crippen molar-refractivity contribution >= 4 is 11.5 Å². The second kappa shape index (κ2) is 5.48. The molecule has 0 saturated carbocycles. The van der Waals surface area contributed by atoms with Crippen molar-refractivity contribution in [3.8, 4) is 0 Å². The van der Waals surface area contributed by atoms with E-state index in [2.05, 4.69) is 4.98 Å². The van der Waals surface area contributed by atoms with E-state index in [0.717, 1.165) is 5.56 Å². The quantitative estimate of drug-likeness (QED) is 0.624. The Balaban J connectivity index is 2.28. The number of pyridine rings is 1. The van der Waals surface area contributed by atoms with Crippen LogP contribution in [0.25, 0.3) is 0 Å². The molecule has 0 amide bonds. The summed E-state index contributed by atoms with van der Waals surface area (Å²) in [4.78, 5) is 15.4. The lowest BCUT2D eigenvalue weighted by Crippen LogP contribution is -2.25. The highest BCUT2D eigenvalue weighted by atomic mass is 16.6. The summed E-state index contributed by atoms with van der Waals surface area (Å²) in [6.45, 7) is 2.65. The van der Waals surface area contributed by atoms with Crippen molar-refractivity contribution in [1.29, 1.82) is 0 Å². The van der Waals surface area contributed by atoms with E-state index in [0.29, 0.717) is 12.4 Å². The van der Waals surface area contributed by atoms with Crippen LogP contribution >= 0.6 is 0 Å². The predicted molar refractivity (Wildman–Crippen MR) is 72.9 cm³/mol. The van der Waals surface area contributed by atoms with Crippen LogP contribution in [-0.4, -0.2) is 12.0 Å². The maximum absolute atomic E-state index is 11.0. The summed E-state index contributed by atoms with van der Waals surface area (Å²) in [7, 11) is 1.84. The summed E-state index contributed by atoms with van der Waals surface area (Å²) >= 11 is 0. The molecule has 2 aromatic rings. The summed E-state index contributed by atoms with van der Waals surface area (Å²) in [6, 6.07) is 11.1. The van der Waals surface area contributed by atoms with E-state index in [-0.39, 0.29) is 10.6 Å². The number of hydrogen-bond acceptors (Lipinski definition) is 3. The van der Waals surface area contributed by atoms with Gasteiger partial charge in [-0.1, -0.05) is 24.3 Å². The minimum absolute atomic E-state index is 0.0820. The van der Waals surface area contributed by atoms with Crippen LogP contribution in [0.5, 0.6) is 0 Å². The Morgan fingerprint density at radius 2 is 2.00 bits per heavy atom. The van der Waals surface area contributed by atoms with Crippen LogP contribution in [0.2, 0.25) is 0 Å². The Hall–Kier alpha value is -2.43. The third-order valence-electron chi connectivity index (χ3n) is 3.06. The van der Waals surface area contributed by atoms with Gasteiger partial charge in [0, 0.05) is 6.07 Å². The molecule has 1 aromatic heterocycles. The zero-order valence-electron chi connectivity index (χ0n) is 11.0. The normalized spacial score (nSPS) is 10.2. The maximum Gasteiger partial charge on any atom is 0.357 e. The van der Waals surface area contributed by atoms with Gasteiger partial charge in [0.2, 0.25) is 0 Å². The number of aromatic nitrogens is 1. The Morgan fingerprint density at radius 1 is 1.26 bits per heavy atom. The van der Waals surface area contributed by atoms with Crippen LogP contribution < -0.4 is 9.88 Å². The highest BCUT2D eigenvalue weighted by molar-refractivity contribution is 5.53. The molecule has 5 heteroatoms. The number of benzene rings is 1. The lowest BCUT2D eigenvalue weighted by atomic mass is 10.1. The minimum atomic E-state index is -0.375. The first-order valence-electron chi connectivity index (χ1n) is 6.00. The zero-order chi connectivity index (χ0) is 13.8. The van der Waals surface area contributed by atoms with Crippen LogP contribution in [0, 0.1) is 17.0 Å². The number of aromatic amines is 1. The molecule has 0 bridgehead atoms. The Bertz CT molecular complexity index is 599. The van der Waals surface area contributed by atoms with Gasteiger partial charge in [-0.15, -0.1) is 0 Å². The summed E-state index contributed by atoms with van der Waals surface area (Å²) in [6.07, 6.45) is 1.69. The van der Waals surface area contributed by atoms with Crippen molar-refractivity contribution in [2.75, 3.05) is 11.9 Å². The molecule has 0 atom stereocenters. The number of nitrogens with one attached hydrogen (secondary N) is 1. The topological polar surface area (TPSA) is 60.5 Å². The van der Waals surface area contributed by atoms with Gasteiger partial charge in [0.1, 0.15) is 6.54 Å². The number of nitro groups is 1. The van der Waals surface area contributed by atoms with Crippen molar-refractivity contribution in [2.24, 2.45) is 0 Å². The Morgan fingerprint density at radius 3 is 2.68 bits per heavy atom. The van der Waals surface area contributed by atoms with Gasteiger partial charge in [-0.3, -0.25) is 15.0 Å². The third-order valence-corrected chi connectivity index (χ3v) is 3.06. The molecule has 0 unspecified atom stereocenters. The fraction of sp³-hybridized carbons (Fsp3) is 0.214. The molecule has 1 N–H and O–H groups in total. The van der Waals surface area contributed by atoms with Gasteiger partial charge in [0.25, 0.3) is 0 Å². The smallest absolute Gasteiger partial charge is 0.258 e. The van der Waals surface area contributed by atoms with Gasteiger partial charge in [-0.2, -0.15) is 0 Å². The van der Waals surface area contributed by atoms with Gasteiger partial charge in [-0.05, 0) is 24.1 Å². The Labute approximate surface area is 111 Å². The molecule has 1 aromatic carbocycles. The molecule has 19 heavy (non-hydrogen) atoms. The first-order chi connectivity index (χ1) is 9.09. The van der Waals surface area contributed by atoms with Crippen LogP contribution in [0.3, 0.4) is 0 Å². The molecule has 98 valence electrons. The molecule has 0 aliphatic rings. The predicted octanol–water partition coefficient (Wildman–Crippen LogP) is 2.35. The van der Waals surface area contributed by atoms with Gasteiger partial charge >= 0.3 is 11.5 Å². The second-order valence-electron chi connectivity index (χ2n) is 4.44. The van der Waals surface area contributed by atoms with E-state index in [9.17, 15) is 10.1 Å². The fourth-order valence-corrected chi connectivity index (χ4v) is 1.99. The van der Waals surface area contributed by atoms with Crippen LogP contribution in [0.1, 0.15) is 11.1 Å². The Kier molecular flexibility index (Phi) is 3.75. The molecular formula is C14H16N3O2+. The lowest BCUT2D eigenvalue weighted by molar-refractivity contribution is -0.411. The average molecular weight is 258 g/mol. The number of rotatable bonds is 4. The molecule has 0 spiro atoms. The van der Waals surface area contributed by atoms with E-state index in [1.807, 2.05) is 43.1 Å². The molecule has 5 nitrogen and oxygen atoms in total.